The average Bonchev–Trinajstić information content (AvgIpc) is 2.57. The third-order valence-electron chi connectivity index (χ3n) is 3.41. The molecule has 0 saturated heterocycles. The second kappa shape index (κ2) is 9.18. The molecule has 0 fully saturated rings. The number of ether oxygens (including phenoxy) is 2. The molecule has 0 bridgehead atoms. The van der Waals surface area contributed by atoms with Crippen molar-refractivity contribution in [3.63, 3.8) is 0 Å². The third-order valence-corrected chi connectivity index (χ3v) is 3.78. The van der Waals surface area contributed by atoms with Gasteiger partial charge in [-0.15, -0.1) is 0 Å². The van der Waals surface area contributed by atoms with E-state index in [2.05, 4.69) is 5.32 Å². The summed E-state index contributed by atoms with van der Waals surface area (Å²) in [6, 6.07) is 13.0. The Hall–Kier alpha value is -2.20. The molecule has 1 amide bonds. The summed E-state index contributed by atoms with van der Waals surface area (Å²) in [5, 5.41) is 3.53. The first kappa shape index (κ1) is 18.1. The molecular weight excluding hydrogens is 326 g/mol. The number of carbonyl (C=O) groups is 1. The maximum atomic E-state index is 12.2. The van der Waals surface area contributed by atoms with Crippen LogP contribution in [0, 0.1) is 0 Å². The molecule has 0 aliphatic carbocycles. The van der Waals surface area contributed by atoms with Crippen LogP contribution in [0.4, 0.5) is 0 Å². The minimum atomic E-state index is -0.0680. The molecule has 0 aliphatic rings. The van der Waals surface area contributed by atoms with E-state index in [1.54, 1.807) is 0 Å². The monoisotopic (exact) mass is 347 g/mol. The number of hydrogen-bond acceptors (Lipinski definition) is 3. The number of rotatable bonds is 8. The number of amides is 1. The van der Waals surface area contributed by atoms with Crippen molar-refractivity contribution in [3.05, 3.63) is 58.6 Å². The van der Waals surface area contributed by atoms with Crippen LogP contribution in [0.25, 0.3) is 0 Å². The molecule has 0 unspecified atom stereocenters. The number of carbonyl (C=O) groups excluding carboxylic acids is 1. The fraction of sp³-hybridized carbons (Fsp3) is 0.316. The van der Waals surface area contributed by atoms with Crippen molar-refractivity contribution < 1.29 is 14.3 Å². The molecule has 1 N–H and O–H groups in total. The molecule has 0 aliphatic heterocycles. The molecular formula is C19H22ClNO3. The van der Waals surface area contributed by atoms with E-state index >= 15 is 0 Å². The molecule has 0 atom stereocenters. The molecule has 0 saturated carbocycles. The Kier molecular flexibility index (Phi) is 6.94. The molecule has 5 heteroatoms. The standard InChI is InChI=1S/C19H22ClNO3/c1-3-23-17-10-9-14(11-18(17)24-4-2)12-19(22)21-13-15-7-5-6-8-16(15)20/h5-11H,3-4,12-13H2,1-2H3,(H,21,22). The van der Waals surface area contributed by atoms with Crippen molar-refractivity contribution in [3.8, 4) is 11.5 Å². The maximum absolute atomic E-state index is 12.2. The van der Waals surface area contributed by atoms with Gasteiger partial charge in [-0.25, -0.2) is 0 Å². The Bertz CT molecular complexity index is 688. The van der Waals surface area contributed by atoms with Crippen molar-refractivity contribution in [1.82, 2.24) is 5.32 Å². The quantitative estimate of drug-likeness (QED) is 0.785. The SMILES string of the molecule is CCOc1ccc(CC(=O)NCc2ccccc2Cl)cc1OCC. The van der Waals surface area contributed by atoms with Gasteiger partial charge in [0, 0.05) is 11.6 Å². The van der Waals surface area contributed by atoms with Crippen molar-refractivity contribution in [1.29, 1.82) is 0 Å². The summed E-state index contributed by atoms with van der Waals surface area (Å²) >= 11 is 6.09. The van der Waals surface area contributed by atoms with Gasteiger partial charge in [-0.2, -0.15) is 0 Å². The molecule has 4 nitrogen and oxygen atoms in total. The summed E-state index contributed by atoms with van der Waals surface area (Å²) in [6.45, 7) is 5.36. The van der Waals surface area contributed by atoms with Crippen molar-refractivity contribution in [2.24, 2.45) is 0 Å². The second-order valence-electron chi connectivity index (χ2n) is 5.19. The molecule has 0 aromatic heterocycles. The van der Waals surface area contributed by atoms with E-state index in [0.717, 1.165) is 11.1 Å². The van der Waals surface area contributed by atoms with E-state index in [1.807, 2.05) is 56.3 Å². The largest absolute Gasteiger partial charge is 0.490 e. The lowest BCUT2D eigenvalue weighted by molar-refractivity contribution is -0.120. The van der Waals surface area contributed by atoms with Gasteiger partial charge in [0.15, 0.2) is 11.5 Å². The highest BCUT2D eigenvalue weighted by Crippen LogP contribution is 2.28. The summed E-state index contributed by atoms with van der Waals surface area (Å²) in [6.07, 6.45) is 0.275. The van der Waals surface area contributed by atoms with Gasteiger partial charge in [-0.05, 0) is 43.2 Å². The van der Waals surface area contributed by atoms with Crippen LogP contribution in [-0.4, -0.2) is 19.1 Å². The van der Waals surface area contributed by atoms with Crippen molar-refractivity contribution >= 4 is 17.5 Å². The highest BCUT2D eigenvalue weighted by Gasteiger charge is 2.10. The Morgan fingerprint density at radius 1 is 1.04 bits per heavy atom. The Balaban J connectivity index is 1.98. The molecule has 24 heavy (non-hydrogen) atoms. The fourth-order valence-corrected chi connectivity index (χ4v) is 2.49. The first-order valence-electron chi connectivity index (χ1n) is 8.02. The van der Waals surface area contributed by atoms with Gasteiger partial charge in [0.25, 0.3) is 0 Å². The van der Waals surface area contributed by atoms with Crippen LogP contribution in [0.1, 0.15) is 25.0 Å². The van der Waals surface area contributed by atoms with E-state index in [9.17, 15) is 4.79 Å². The lowest BCUT2D eigenvalue weighted by atomic mass is 10.1. The van der Waals surface area contributed by atoms with Crippen molar-refractivity contribution in [2.75, 3.05) is 13.2 Å². The molecule has 2 rings (SSSR count). The average molecular weight is 348 g/mol. The van der Waals surface area contributed by atoms with E-state index in [4.69, 9.17) is 21.1 Å². The van der Waals surface area contributed by atoms with Crippen LogP contribution >= 0.6 is 11.6 Å². The summed E-state index contributed by atoms with van der Waals surface area (Å²) in [5.41, 5.74) is 1.77. The topological polar surface area (TPSA) is 47.6 Å². The van der Waals surface area contributed by atoms with Crippen LogP contribution in [0.2, 0.25) is 5.02 Å². The lowest BCUT2D eigenvalue weighted by Crippen LogP contribution is -2.24. The maximum Gasteiger partial charge on any atom is 0.224 e. The van der Waals surface area contributed by atoms with Gasteiger partial charge in [0.05, 0.1) is 19.6 Å². The van der Waals surface area contributed by atoms with Crippen molar-refractivity contribution in [2.45, 2.75) is 26.8 Å². The number of hydrogen-bond donors (Lipinski definition) is 1. The number of halogens is 1. The van der Waals surface area contributed by atoms with Crippen LogP contribution in [0.15, 0.2) is 42.5 Å². The van der Waals surface area contributed by atoms with Gasteiger partial charge in [-0.1, -0.05) is 35.9 Å². The normalized spacial score (nSPS) is 10.3. The number of nitrogens with one attached hydrogen (secondary N) is 1. The van der Waals surface area contributed by atoms with Gasteiger partial charge >= 0.3 is 0 Å². The van der Waals surface area contributed by atoms with E-state index in [0.29, 0.717) is 36.3 Å². The predicted molar refractivity (Wildman–Crippen MR) is 95.8 cm³/mol. The van der Waals surface area contributed by atoms with E-state index < -0.39 is 0 Å². The Morgan fingerprint density at radius 2 is 1.75 bits per heavy atom. The molecule has 2 aromatic rings. The molecule has 0 radical (unpaired) electrons. The lowest BCUT2D eigenvalue weighted by Gasteiger charge is -2.12. The Morgan fingerprint density at radius 3 is 2.46 bits per heavy atom. The zero-order valence-electron chi connectivity index (χ0n) is 14.0. The van der Waals surface area contributed by atoms with Gasteiger partial charge in [0.1, 0.15) is 0 Å². The minimum Gasteiger partial charge on any atom is -0.490 e. The highest BCUT2D eigenvalue weighted by atomic mass is 35.5. The molecule has 128 valence electrons. The first-order chi connectivity index (χ1) is 11.6. The van der Waals surface area contributed by atoms with Crippen LogP contribution in [0.5, 0.6) is 11.5 Å². The van der Waals surface area contributed by atoms with Crippen LogP contribution in [0.3, 0.4) is 0 Å². The Labute approximate surface area is 147 Å². The fourth-order valence-electron chi connectivity index (χ4n) is 2.29. The van der Waals surface area contributed by atoms with Gasteiger partial charge < -0.3 is 14.8 Å². The molecule has 2 aromatic carbocycles. The zero-order chi connectivity index (χ0) is 17.4. The first-order valence-corrected chi connectivity index (χ1v) is 8.40. The number of benzene rings is 2. The molecule has 0 heterocycles. The van der Waals surface area contributed by atoms with Gasteiger partial charge in [-0.3, -0.25) is 4.79 Å². The second-order valence-corrected chi connectivity index (χ2v) is 5.60. The van der Waals surface area contributed by atoms with E-state index in [1.165, 1.54) is 0 Å². The van der Waals surface area contributed by atoms with E-state index in [-0.39, 0.29) is 12.3 Å². The summed E-state index contributed by atoms with van der Waals surface area (Å²) in [4.78, 5) is 12.2. The van der Waals surface area contributed by atoms with Crippen LogP contribution in [-0.2, 0) is 17.8 Å². The summed E-state index contributed by atoms with van der Waals surface area (Å²) in [5.74, 6) is 1.29. The highest BCUT2D eigenvalue weighted by molar-refractivity contribution is 6.31. The molecule has 0 spiro atoms. The van der Waals surface area contributed by atoms with Gasteiger partial charge in [0.2, 0.25) is 5.91 Å². The summed E-state index contributed by atoms with van der Waals surface area (Å²) in [7, 11) is 0. The zero-order valence-corrected chi connectivity index (χ0v) is 14.7. The predicted octanol–water partition coefficient (Wildman–Crippen LogP) is 4.00. The van der Waals surface area contributed by atoms with Crippen LogP contribution < -0.4 is 14.8 Å². The third kappa shape index (κ3) is 5.17. The smallest absolute Gasteiger partial charge is 0.224 e. The summed E-state index contributed by atoms with van der Waals surface area (Å²) < 4.78 is 11.1. The minimum absolute atomic E-state index is 0.0680.